The fraction of sp³-hybridized carbons (Fsp3) is 0.357. The first kappa shape index (κ1) is 16.4. The summed E-state index contributed by atoms with van der Waals surface area (Å²) in [6, 6.07) is 8.15. The Morgan fingerprint density at radius 1 is 1.28 bits per heavy atom. The van der Waals surface area contributed by atoms with Gasteiger partial charge in [0.2, 0.25) is 0 Å². The Bertz CT molecular complexity index is 432. The molecular weight excluding hydrogens is 242 g/mol. The summed E-state index contributed by atoms with van der Waals surface area (Å²) in [7, 11) is -1.25. The van der Waals surface area contributed by atoms with Gasteiger partial charge in [-0.2, -0.15) is 0 Å². The van der Waals surface area contributed by atoms with Gasteiger partial charge in [0.1, 0.15) is 8.07 Å². The number of hydrogen-bond donors (Lipinski definition) is 2. The molecule has 0 amide bonds. The monoisotopic (exact) mass is 263 g/mol. The first-order valence-corrected chi connectivity index (χ1v) is 9.26. The molecule has 4 heteroatoms. The maximum absolute atomic E-state index is 9.00. The van der Waals surface area contributed by atoms with Crippen LogP contribution < -0.4 is 5.73 Å². The molecule has 18 heavy (non-hydrogen) atoms. The van der Waals surface area contributed by atoms with Crippen molar-refractivity contribution in [1.82, 2.24) is 0 Å². The summed E-state index contributed by atoms with van der Waals surface area (Å²) in [5.74, 6) is 2.37. The van der Waals surface area contributed by atoms with Crippen molar-refractivity contribution in [2.45, 2.75) is 33.1 Å². The summed E-state index contributed by atoms with van der Waals surface area (Å²) >= 11 is 0. The summed E-state index contributed by atoms with van der Waals surface area (Å²) < 4.78 is 0. The zero-order valence-electron chi connectivity index (χ0n) is 11.4. The minimum atomic E-state index is -1.25. The highest BCUT2D eigenvalue weighted by Crippen LogP contribution is 2.03. The van der Waals surface area contributed by atoms with E-state index in [-0.39, 0.29) is 0 Å². The van der Waals surface area contributed by atoms with Gasteiger partial charge in [-0.05, 0) is 17.7 Å². The molecule has 0 unspecified atom stereocenters. The third-order valence-electron chi connectivity index (χ3n) is 1.77. The fourth-order valence-electron chi connectivity index (χ4n) is 0.984. The molecule has 1 aromatic rings. The number of nitrogens with two attached hydrogens (primary N) is 1. The molecule has 0 aliphatic heterocycles. The highest BCUT2D eigenvalue weighted by Gasteiger charge is 2.07. The minimum Gasteiger partial charge on any atom is -0.481 e. The second-order valence-electron chi connectivity index (χ2n) is 4.92. The van der Waals surface area contributed by atoms with E-state index in [2.05, 4.69) is 31.1 Å². The SMILES string of the molecule is CC(=O)O.C[Si](C)(C)C#Cc1ccc(CN)cc1. The maximum atomic E-state index is 9.00. The largest absolute Gasteiger partial charge is 0.481 e. The zero-order chi connectivity index (χ0) is 14.2. The van der Waals surface area contributed by atoms with Crippen LogP contribution in [0, 0.1) is 11.5 Å². The number of rotatable bonds is 1. The molecule has 98 valence electrons. The minimum absolute atomic E-state index is 0.599. The van der Waals surface area contributed by atoms with Crippen LogP contribution in [0.25, 0.3) is 0 Å². The summed E-state index contributed by atoms with van der Waals surface area (Å²) in [4.78, 5) is 9.00. The van der Waals surface area contributed by atoms with Crippen LogP contribution >= 0.6 is 0 Å². The van der Waals surface area contributed by atoms with Crippen LogP contribution in [0.15, 0.2) is 24.3 Å². The van der Waals surface area contributed by atoms with Crippen molar-refractivity contribution in [1.29, 1.82) is 0 Å². The molecule has 0 fully saturated rings. The zero-order valence-corrected chi connectivity index (χ0v) is 12.4. The lowest BCUT2D eigenvalue weighted by molar-refractivity contribution is -0.134. The third-order valence-corrected chi connectivity index (χ3v) is 2.65. The summed E-state index contributed by atoms with van der Waals surface area (Å²) in [6.45, 7) is 8.42. The van der Waals surface area contributed by atoms with Crippen LogP contribution in [0.5, 0.6) is 0 Å². The Morgan fingerprint density at radius 3 is 2.06 bits per heavy atom. The van der Waals surface area contributed by atoms with Gasteiger partial charge in [0.05, 0.1) is 0 Å². The molecule has 0 radical (unpaired) electrons. The van der Waals surface area contributed by atoms with E-state index in [1.165, 1.54) is 0 Å². The molecule has 0 bridgehead atoms. The molecule has 0 spiro atoms. The Kier molecular flexibility index (Phi) is 7.02. The number of aliphatic carboxylic acids is 1. The summed E-state index contributed by atoms with van der Waals surface area (Å²) in [6.07, 6.45) is 0. The summed E-state index contributed by atoms with van der Waals surface area (Å²) in [5.41, 5.74) is 11.1. The van der Waals surface area contributed by atoms with E-state index in [0.29, 0.717) is 6.54 Å². The smallest absolute Gasteiger partial charge is 0.300 e. The van der Waals surface area contributed by atoms with Gasteiger partial charge in [0.25, 0.3) is 5.97 Å². The molecule has 0 heterocycles. The lowest BCUT2D eigenvalue weighted by Crippen LogP contribution is -2.16. The quantitative estimate of drug-likeness (QED) is 0.604. The summed E-state index contributed by atoms with van der Waals surface area (Å²) in [5, 5.41) is 7.42. The first-order valence-electron chi connectivity index (χ1n) is 5.76. The van der Waals surface area contributed by atoms with E-state index >= 15 is 0 Å². The van der Waals surface area contributed by atoms with Gasteiger partial charge in [0.15, 0.2) is 0 Å². The van der Waals surface area contributed by atoms with Gasteiger partial charge in [-0.3, -0.25) is 4.79 Å². The number of carboxylic acid groups (broad SMARTS) is 1. The molecule has 0 saturated carbocycles. The van der Waals surface area contributed by atoms with Gasteiger partial charge >= 0.3 is 0 Å². The third kappa shape index (κ3) is 9.64. The second-order valence-corrected chi connectivity index (χ2v) is 9.67. The van der Waals surface area contributed by atoms with Crippen molar-refractivity contribution in [3.05, 3.63) is 35.4 Å². The molecule has 0 saturated heterocycles. The van der Waals surface area contributed by atoms with Crippen LogP contribution in [-0.2, 0) is 11.3 Å². The van der Waals surface area contributed by atoms with Gasteiger partial charge in [-0.15, -0.1) is 5.54 Å². The number of carboxylic acids is 1. The second kappa shape index (κ2) is 7.70. The molecule has 3 N–H and O–H groups in total. The van der Waals surface area contributed by atoms with Crippen LogP contribution in [0.1, 0.15) is 18.1 Å². The first-order chi connectivity index (χ1) is 8.24. The van der Waals surface area contributed by atoms with Crippen molar-refractivity contribution in [3.63, 3.8) is 0 Å². The van der Waals surface area contributed by atoms with Gasteiger partial charge in [0, 0.05) is 19.0 Å². The Balaban J connectivity index is 0.000000631. The van der Waals surface area contributed by atoms with Crippen LogP contribution in [0.2, 0.25) is 19.6 Å². The number of carbonyl (C=O) groups is 1. The highest BCUT2D eigenvalue weighted by molar-refractivity contribution is 6.83. The van der Waals surface area contributed by atoms with Gasteiger partial charge in [-0.1, -0.05) is 37.7 Å². The van der Waals surface area contributed by atoms with E-state index in [1.54, 1.807) is 0 Å². The highest BCUT2D eigenvalue weighted by atomic mass is 28.3. The van der Waals surface area contributed by atoms with E-state index in [1.807, 2.05) is 24.3 Å². The molecule has 1 rings (SSSR count). The number of hydrogen-bond acceptors (Lipinski definition) is 2. The Labute approximate surface area is 110 Å². The lowest BCUT2D eigenvalue weighted by Gasteiger charge is -2.03. The normalized spacial score (nSPS) is 9.61. The molecule has 1 aromatic carbocycles. The number of benzene rings is 1. The van der Waals surface area contributed by atoms with Crippen molar-refractivity contribution < 1.29 is 9.90 Å². The lowest BCUT2D eigenvalue weighted by atomic mass is 10.1. The Hall–Kier alpha value is -1.57. The van der Waals surface area contributed by atoms with E-state index in [9.17, 15) is 0 Å². The van der Waals surface area contributed by atoms with Gasteiger partial charge < -0.3 is 10.8 Å². The molecule has 0 atom stereocenters. The molecule has 0 aliphatic carbocycles. The average Bonchev–Trinajstić information content (AvgIpc) is 2.25. The fourth-order valence-corrected chi connectivity index (χ4v) is 1.50. The van der Waals surface area contributed by atoms with E-state index < -0.39 is 14.0 Å². The Morgan fingerprint density at radius 2 is 1.72 bits per heavy atom. The van der Waals surface area contributed by atoms with Gasteiger partial charge in [-0.25, -0.2) is 0 Å². The van der Waals surface area contributed by atoms with Crippen molar-refractivity contribution in [3.8, 4) is 11.5 Å². The predicted octanol–water partition coefficient (Wildman–Crippen LogP) is 2.47. The molecule has 0 aliphatic rings. The molecule has 0 aromatic heterocycles. The predicted molar refractivity (Wildman–Crippen MR) is 77.9 cm³/mol. The topological polar surface area (TPSA) is 63.3 Å². The maximum Gasteiger partial charge on any atom is 0.300 e. The molecule has 3 nitrogen and oxygen atoms in total. The van der Waals surface area contributed by atoms with E-state index in [0.717, 1.165) is 18.1 Å². The van der Waals surface area contributed by atoms with Crippen LogP contribution in [0.3, 0.4) is 0 Å². The van der Waals surface area contributed by atoms with Crippen molar-refractivity contribution >= 4 is 14.0 Å². The van der Waals surface area contributed by atoms with Crippen molar-refractivity contribution in [2.24, 2.45) is 5.73 Å². The average molecular weight is 263 g/mol. The van der Waals surface area contributed by atoms with Crippen LogP contribution in [0.4, 0.5) is 0 Å². The molecular formula is C14H21NO2Si. The van der Waals surface area contributed by atoms with Crippen LogP contribution in [-0.4, -0.2) is 19.1 Å². The standard InChI is InChI=1S/C12H17NSi.C2H4O2/c1-14(2,3)9-8-11-4-6-12(10-13)7-5-11;1-2(3)4/h4-7H,10,13H2,1-3H3;1H3,(H,3,4). The van der Waals surface area contributed by atoms with Crippen molar-refractivity contribution in [2.75, 3.05) is 0 Å². The van der Waals surface area contributed by atoms with E-state index in [4.69, 9.17) is 15.6 Å².